The van der Waals surface area contributed by atoms with Crippen molar-refractivity contribution in [1.82, 2.24) is 4.90 Å². The van der Waals surface area contributed by atoms with E-state index in [1.54, 1.807) is 7.11 Å². The average molecular weight is 548 g/mol. The number of hydrogen-bond acceptors (Lipinski definition) is 4. The molecule has 4 aromatic carbocycles. The second-order valence-corrected chi connectivity index (χ2v) is 11.5. The number of aliphatic hydroxyl groups excluding tert-OH is 1. The first-order valence-electron chi connectivity index (χ1n) is 14.4. The number of ether oxygens (including phenoxy) is 1. The summed E-state index contributed by atoms with van der Waals surface area (Å²) in [6, 6.07) is 37.7. The number of aliphatic hydroxyl groups is 2. The van der Waals surface area contributed by atoms with Crippen molar-refractivity contribution >= 4 is 5.91 Å². The summed E-state index contributed by atoms with van der Waals surface area (Å²) in [5.41, 5.74) is 1.58. The molecule has 2 fully saturated rings. The van der Waals surface area contributed by atoms with Crippen molar-refractivity contribution in [3.8, 4) is 5.75 Å². The van der Waals surface area contributed by atoms with Crippen molar-refractivity contribution in [2.45, 2.75) is 36.4 Å². The van der Waals surface area contributed by atoms with Crippen LogP contribution in [0.25, 0.3) is 0 Å². The molecule has 1 aliphatic carbocycles. The molecule has 2 N–H and O–H groups in total. The molecule has 4 aromatic rings. The number of benzene rings is 4. The van der Waals surface area contributed by atoms with Gasteiger partial charge in [0.05, 0.1) is 19.1 Å². The summed E-state index contributed by atoms with van der Waals surface area (Å²) in [4.78, 5) is 16.1. The molecule has 1 saturated carbocycles. The molecular weight excluding hydrogens is 510 g/mol. The van der Waals surface area contributed by atoms with Gasteiger partial charge in [-0.2, -0.15) is 0 Å². The standard InChI is InChI=1S/C36H37NO4/c1-25(29-20-12-13-21-32(29)41-2)34(39)37-23-30-31(24-37)36(40,28-18-10-5-11-19-28)33(38)22-35(30,26-14-6-3-7-15-26)27-16-8-4-9-17-27/h3-21,25,30-31,33,38,40H,22-24H2,1-2H3/t25-,30-,31+,33-,36+/m0/s1. The van der Waals surface area contributed by atoms with E-state index in [1.807, 2.05) is 103 Å². The molecule has 5 heteroatoms. The number of rotatable bonds is 6. The Labute approximate surface area is 242 Å². The summed E-state index contributed by atoms with van der Waals surface area (Å²) >= 11 is 0. The van der Waals surface area contributed by atoms with Gasteiger partial charge >= 0.3 is 0 Å². The smallest absolute Gasteiger partial charge is 0.229 e. The summed E-state index contributed by atoms with van der Waals surface area (Å²) in [5.74, 6) is -0.297. The Morgan fingerprint density at radius 2 is 1.27 bits per heavy atom. The first-order valence-corrected chi connectivity index (χ1v) is 14.4. The van der Waals surface area contributed by atoms with Crippen LogP contribution in [0.3, 0.4) is 0 Å². The molecular formula is C36H37NO4. The largest absolute Gasteiger partial charge is 0.496 e. The van der Waals surface area contributed by atoms with E-state index in [0.29, 0.717) is 30.8 Å². The van der Waals surface area contributed by atoms with Crippen LogP contribution in [0.1, 0.15) is 41.5 Å². The third-order valence-electron chi connectivity index (χ3n) is 9.64. The summed E-state index contributed by atoms with van der Waals surface area (Å²) in [6.45, 7) is 2.73. The Balaban J connectivity index is 1.49. The van der Waals surface area contributed by atoms with Gasteiger partial charge in [0.1, 0.15) is 11.4 Å². The minimum absolute atomic E-state index is 0.0103. The topological polar surface area (TPSA) is 70.0 Å². The number of carbonyl (C=O) groups is 1. The zero-order chi connectivity index (χ0) is 28.6. The molecule has 1 heterocycles. The van der Waals surface area contributed by atoms with Crippen LogP contribution >= 0.6 is 0 Å². The Morgan fingerprint density at radius 3 is 1.83 bits per heavy atom. The molecule has 1 aliphatic heterocycles. The van der Waals surface area contributed by atoms with Gasteiger partial charge in [-0.3, -0.25) is 4.79 Å². The number of nitrogens with zero attached hydrogens (tertiary/aromatic N) is 1. The maximum atomic E-state index is 14.2. The molecule has 2 aliphatic rings. The fourth-order valence-corrected chi connectivity index (χ4v) is 7.63. The number of carbonyl (C=O) groups excluding carboxylic acids is 1. The molecule has 0 spiro atoms. The van der Waals surface area contributed by atoms with E-state index in [2.05, 4.69) is 24.3 Å². The number of para-hydroxylation sites is 1. The molecule has 0 unspecified atom stereocenters. The molecule has 6 rings (SSSR count). The van der Waals surface area contributed by atoms with Crippen LogP contribution < -0.4 is 4.74 Å². The SMILES string of the molecule is COc1ccccc1[C@H](C)C(=O)N1C[C@@H]2[C@H](C1)C(c1ccccc1)(c1ccccc1)C[C@H](O)[C@@]2(O)c1ccccc1. The molecule has 210 valence electrons. The lowest BCUT2D eigenvalue weighted by atomic mass is 9.51. The van der Waals surface area contributed by atoms with E-state index >= 15 is 0 Å². The van der Waals surface area contributed by atoms with Gasteiger partial charge in [-0.15, -0.1) is 0 Å². The number of likely N-dealkylation sites (tertiary alicyclic amines) is 1. The lowest BCUT2D eigenvalue weighted by Gasteiger charge is -2.55. The van der Waals surface area contributed by atoms with Crippen LogP contribution in [0, 0.1) is 11.8 Å². The fraction of sp³-hybridized carbons (Fsp3) is 0.306. The van der Waals surface area contributed by atoms with Gasteiger partial charge in [-0.25, -0.2) is 0 Å². The Hall–Kier alpha value is -3.93. The maximum Gasteiger partial charge on any atom is 0.229 e. The van der Waals surface area contributed by atoms with Crippen molar-refractivity contribution in [2.75, 3.05) is 20.2 Å². The van der Waals surface area contributed by atoms with Crippen LogP contribution in [0.5, 0.6) is 5.75 Å². The van der Waals surface area contributed by atoms with Crippen molar-refractivity contribution in [1.29, 1.82) is 0 Å². The van der Waals surface area contributed by atoms with Gasteiger partial charge in [0.15, 0.2) is 0 Å². The van der Waals surface area contributed by atoms with Crippen LogP contribution in [-0.2, 0) is 15.8 Å². The second-order valence-electron chi connectivity index (χ2n) is 11.5. The molecule has 41 heavy (non-hydrogen) atoms. The van der Waals surface area contributed by atoms with E-state index in [1.165, 1.54) is 0 Å². The quantitative estimate of drug-likeness (QED) is 0.334. The van der Waals surface area contributed by atoms with Gasteiger partial charge in [-0.1, -0.05) is 109 Å². The highest BCUT2D eigenvalue weighted by molar-refractivity contribution is 5.84. The Morgan fingerprint density at radius 1 is 0.780 bits per heavy atom. The number of methoxy groups -OCH3 is 1. The maximum absolute atomic E-state index is 14.2. The minimum atomic E-state index is -1.51. The third-order valence-corrected chi connectivity index (χ3v) is 9.64. The predicted molar refractivity (Wildman–Crippen MR) is 160 cm³/mol. The first-order chi connectivity index (χ1) is 19.9. The summed E-state index contributed by atoms with van der Waals surface area (Å²) in [7, 11) is 1.62. The zero-order valence-corrected chi connectivity index (χ0v) is 23.6. The van der Waals surface area contributed by atoms with Gasteiger partial charge in [0.25, 0.3) is 0 Å². The Bertz CT molecular complexity index is 1450. The highest BCUT2D eigenvalue weighted by Crippen LogP contribution is 2.59. The van der Waals surface area contributed by atoms with Crippen LogP contribution in [0.4, 0.5) is 0 Å². The highest BCUT2D eigenvalue weighted by Gasteiger charge is 2.64. The van der Waals surface area contributed by atoms with Crippen molar-refractivity contribution in [2.24, 2.45) is 11.8 Å². The molecule has 0 radical (unpaired) electrons. The van der Waals surface area contributed by atoms with Gasteiger partial charge in [0, 0.05) is 30.0 Å². The monoisotopic (exact) mass is 547 g/mol. The van der Waals surface area contributed by atoms with E-state index in [4.69, 9.17) is 4.74 Å². The number of hydrogen-bond donors (Lipinski definition) is 2. The molecule has 1 amide bonds. The van der Waals surface area contributed by atoms with Gasteiger partial charge in [-0.05, 0) is 42.0 Å². The summed E-state index contributed by atoms with van der Waals surface area (Å²) < 4.78 is 5.58. The number of fused-ring (bicyclic) bond motifs is 1. The van der Waals surface area contributed by atoms with Crippen LogP contribution in [-0.4, -0.2) is 47.3 Å². The highest BCUT2D eigenvalue weighted by atomic mass is 16.5. The van der Waals surface area contributed by atoms with Crippen LogP contribution in [0.2, 0.25) is 0 Å². The molecule has 0 aromatic heterocycles. The minimum Gasteiger partial charge on any atom is -0.496 e. The lowest BCUT2D eigenvalue weighted by molar-refractivity contribution is -0.167. The van der Waals surface area contributed by atoms with E-state index in [9.17, 15) is 15.0 Å². The van der Waals surface area contributed by atoms with Crippen molar-refractivity contribution < 1.29 is 19.7 Å². The van der Waals surface area contributed by atoms with E-state index in [-0.39, 0.29) is 11.8 Å². The van der Waals surface area contributed by atoms with Gasteiger partial charge < -0.3 is 19.8 Å². The molecule has 5 atom stereocenters. The van der Waals surface area contributed by atoms with Crippen molar-refractivity contribution in [3.63, 3.8) is 0 Å². The first kappa shape index (κ1) is 27.3. The third kappa shape index (κ3) is 4.35. The molecule has 5 nitrogen and oxygen atoms in total. The molecule has 0 bridgehead atoms. The summed E-state index contributed by atoms with van der Waals surface area (Å²) in [5, 5.41) is 24.5. The van der Waals surface area contributed by atoms with E-state index in [0.717, 1.165) is 16.7 Å². The second kappa shape index (κ2) is 10.8. The predicted octanol–water partition coefficient (Wildman–Crippen LogP) is 5.51. The number of amides is 1. The van der Waals surface area contributed by atoms with Gasteiger partial charge in [0.2, 0.25) is 5.91 Å². The van der Waals surface area contributed by atoms with Crippen LogP contribution in [0.15, 0.2) is 115 Å². The lowest BCUT2D eigenvalue weighted by Crippen LogP contribution is -2.60. The molecule has 1 saturated heterocycles. The van der Waals surface area contributed by atoms with Crippen molar-refractivity contribution in [3.05, 3.63) is 138 Å². The average Bonchev–Trinajstić information content (AvgIpc) is 3.50. The zero-order valence-electron chi connectivity index (χ0n) is 23.6. The fourth-order valence-electron chi connectivity index (χ4n) is 7.63. The normalized spacial score (nSPS) is 25.8. The van der Waals surface area contributed by atoms with E-state index < -0.39 is 29.0 Å². The summed E-state index contributed by atoms with van der Waals surface area (Å²) in [6.07, 6.45) is -0.717. The Kier molecular flexibility index (Phi) is 7.18.